The lowest BCUT2D eigenvalue weighted by Crippen LogP contribution is -2.36. The number of aliphatic hydroxyl groups is 1. The van der Waals surface area contributed by atoms with E-state index in [1.165, 1.54) is 12.1 Å². The molecule has 1 aliphatic heterocycles. The molecule has 1 aromatic rings. The summed E-state index contributed by atoms with van der Waals surface area (Å²) in [5.41, 5.74) is 0.706. The van der Waals surface area contributed by atoms with Crippen LogP contribution < -0.4 is 4.72 Å². The molecule has 1 aliphatic rings. The van der Waals surface area contributed by atoms with Crippen molar-refractivity contribution in [1.29, 1.82) is 0 Å². The molecule has 4 nitrogen and oxygen atoms in total. The molecule has 1 fully saturated rings. The highest BCUT2D eigenvalue weighted by Crippen LogP contribution is 2.37. The smallest absolute Gasteiger partial charge is 0.240 e. The minimum Gasteiger partial charge on any atom is -0.392 e. The van der Waals surface area contributed by atoms with E-state index in [-0.39, 0.29) is 16.2 Å². The lowest BCUT2D eigenvalue weighted by atomic mass is 10.1. The zero-order valence-electron chi connectivity index (χ0n) is 10.9. The fourth-order valence-electron chi connectivity index (χ4n) is 2.08. The van der Waals surface area contributed by atoms with Crippen LogP contribution in [-0.2, 0) is 16.6 Å². The summed E-state index contributed by atoms with van der Waals surface area (Å²) < 4.78 is 27.0. The maximum atomic E-state index is 12.1. The normalized spacial score (nSPS) is 23.7. The summed E-state index contributed by atoms with van der Waals surface area (Å²) in [4.78, 5) is 0.247. The van der Waals surface area contributed by atoms with Crippen LogP contribution in [0.15, 0.2) is 29.2 Å². The molecule has 106 valence electrons. The molecule has 19 heavy (non-hydrogen) atoms. The summed E-state index contributed by atoms with van der Waals surface area (Å²) in [6.07, 6.45) is 2.19. The number of aliphatic hydroxyl groups excluding tert-OH is 1. The van der Waals surface area contributed by atoms with Crippen LogP contribution in [0.4, 0.5) is 0 Å². The minimum atomic E-state index is -3.46. The van der Waals surface area contributed by atoms with Gasteiger partial charge < -0.3 is 5.11 Å². The van der Waals surface area contributed by atoms with Crippen molar-refractivity contribution in [2.45, 2.75) is 36.0 Å². The third-order valence-electron chi connectivity index (χ3n) is 3.35. The van der Waals surface area contributed by atoms with E-state index >= 15 is 0 Å². The fraction of sp³-hybridized carbons (Fsp3) is 0.538. The Morgan fingerprint density at radius 2 is 2.05 bits per heavy atom. The lowest BCUT2D eigenvalue weighted by molar-refractivity contribution is 0.282. The van der Waals surface area contributed by atoms with Gasteiger partial charge in [0.15, 0.2) is 0 Å². The Morgan fingerprint density at radius 3 is 2.58 bits per heavy atom. The largest absolute Gasteiger partial charge is 0.392 e. The van der Waals surface area contributed by atoms with E-state index in [0.29, 0.717) is 12.1 Å². The predicted octanol–water partition coefficient (Wildman–Crippen LogP) is 1.74. The standard InChI is InChI=1S/C13H19NO3S2/c1-13(7-2-8-18-13)10-14-19(16,17)12-5-3-11(9-15)4-6-12/h3-6,14-15H,2,7-10H2,1H3. The van der Waals surface area contributed by atoms with Crippen LogP contribution in [0, 0.1) is 0 Å². The number of rotatable bonds is 5. The van der Waals surface area contributed by atoms with Crippen LogP contribution in [0.1, 0.15) is 25.3 Å². The van der Waals surface area contributed by atoms with Crippen molar-refractivity contribution in [3.63, 3.8) is 0 Å². The molecule has 0 aromatic heterocycles. The fourth-order valence-corrected chi connectivity index (χ4v) is 4.59. The number of benzene rings is 1. The Bertz CT molecular complexity index is 519. The molecule has 1 aromatic carbocycles. The summed E-state index contributed by atoms with van der Waals surface area (Å²) in [5, 5.41) is 8.94. The van der Waals surface area contributed by atoms with Crippen molar-refractivity contribution >= 4 is 21.8 Å². The molecule has 0 saturated carbocycles. The van der Waals surface area contributed by atoms with Gasteiger partial charge in [-0.05, 0) is 43.2 Å². The maximum Gasteiger partial charge on any atom is 0.240 e. The molecule has 0 bridgehead atoms. The number of sulfonamides is 1. The van der Waals surface area contributed by atoms with Gasteiger partial charge in [0.05, 0.1) is 11.5 Å². The molecule has 2 N–H and O–H groups in total. The van der Waals surface area contributed by atoms with Crippen LogP contribution in [0.5, 0.6) is 0 Å². The van der Waals surface area contributed by atoms with Gasteiger partial charge in [-0.3, -0.25) is 0 Å². The van der Waals surface area contributed by atoms with Gasteiger partial charge in [0.25, 0.3) is 0 Å². The van der Waals surface area contributed by atoms with E-state index < -0.39 is 10.0 Å². The van der Waals surface area contributed by atoms with E-state index in [0.717, 1.165) is 18.6 Å². The van der Waals surface area contributed by atoms with Crippen LogP contribution in [0.3, 0.4) is 0 Å². The second-order valence-electron chi connectivity index (χ2n) is 5.03. The monoisotopic (exact) mass is 301 g/mol. The van der Waals surface area contributed by atoms with Crippen LogP contribution >= 0.6 is 11.8 Å². The van der Waals surface area contributed by atoms with Gasteiger partial charge in [-0.2, -0.15) is 11.8 Å². The predicted molar refractivity (Wildman–Crippen MR) is 77.7 cm³/mol. The third-order valence-corrected chi connectivity index (χ3v) is 6.31. The number of nitrogens with one attached hydrogen (secondary N) is 1. The molecule has 1 unspecified atom stereocenters. The Hall–Kier alpha value is -0.560. The van der Waals surface area contributed by atoms with E-state index in [1.54, 1.807) is 12.1 Å². The van der Waals surface area contributed by atoms with Gasteiger partial charge >= 0.3 is 0 Å². The van der Waals surface area contributed by atoms with Gasteiger partial charge in [-0.1, -0.05) is 12.1 Å². The summed E-state index contributed by atoms with van der Waals surface area (Å²) in [6, 6.07) is 6.30. The molecular weight excluding hydrogens is 282 g/mol. The van der Waals surface area contributed by atoms with Crippen molar-refractivity contribution in [3.8, 4) is 0 Å². The molecule has 0 spiro atoms. The Labute approximate surface area is 118 Å². The molecule has 6 heteroatoms. The Kier molecular flexibility index (Phi) is 4.55. The van der Waals surface area contributed by atoms with E-state index in [1.807, 2.05) is 11.8 Å². The first-order valence-electron chi connectivity index (χ1n) is 6.29. The Balaban J connectivity index is 2.05. The van der Waals surface area contributed by atoms with Crippen LogP contribution in [0.2, 0.25) is 0 Å². The molecule has 0 amide bonds. The van der Waals surface area contributed by atoms with E-state index in [4.69, 9.17) is 5.11 Å². The van der Waals surface area contributed by atoms with Crippen molar-refractivity contribution in [2.24, 2.45) is 0 Å². The summed E-state index contributed by atoms with van der Waals surface area (Å²) in [5.74, 6) is 1.10. The highest BCUT2D eigenvalue weighted by molar-refractivity contribution is 8.01. The zero-order valence-corrected chi connectivity index (χ0v) is 12.6. The molecule has 2 rings (SSSR count). The summed E-state index contributed by atoms with van der Waals surface area (Å²) >= 11 is 1.83. The first-order chi connectivity index (χ1) is 8.95. The molecule has 1 heterocycles. The van der Waals surface area contributed by atoms with Crippen molar-refractivity contribution in [3.05, 3.63) is 29.8 Å². The first-order valence-corrected chi connectivity index (χ1v) is 8.75. The van der Waals surface area contributed by atoms with E-state index in [2.05, 4.69) is 11.6 Å². The van der Waals surface area contributed by atoms with E-state index in [9.17, 15) is 8.42 Å². The van der Waals surface area contributed by atoms with Crippen molar-refractivity contribution in [2.75, 3.05) is 12.3 Å². The van der Waals surface area contributed by atoms with Crippen molar-refractivity contribution < 1.29 is 13.5 Å². The molecule has 0 aliphatic carbocycles. The highest BCUT2D eigenvalue weighted by Gasteiger charge is 2.31. The van der Waals surface area contributed by atoms with Crippen molar-refractivity contribution in [1.82, 2.24) is 4.72 Å². The topological polar surface area (TPSA) is 66.4 Å². The number of thioether (sulfide) groups is 1. The average Bonchev–Trinajstić information content (AvgIpc) is 2.84. The summed E-state index contributed by atoms with van der Waals surface area (Å²) in [7, 11) is -3.46. The van der Waals surface area contributed by atoms with Gasteiger partial charge in [-0.25, -0.2) is 13.1 Å². The third kappa shape index (κ3) is 3.72. The quantitative estimate of drug-likeness (QED) is 0.869. The number of hydrogen-bond donors (Lipinski definition) is 2. The average molecular weight is 301 g/mol. The Morgan fingerprint density at radius 1 is 1.37 bits per heavy atom. The van der Waals surface area contributed by atoms with Crippen LogP contribution in [0.25, 0.3) is 0 Å². The molecule has 1 saturated heterocycles. The van der Waals surface area contributed by atoms with Gasteiger partial charge in [0, 0.05) is 11.3 Å². The SMILES string of the molecule is CC1(CNS(=O)(=O)c2ccc(CO)cc2)CCCS1. The maximum absolute atomic E-state index is 12.1. The highest BCUT2D eigenvalue weighted by atomic mass is 32.2. The molecule has 1 atom stereocenters. The van der Waals surface area contributed by atoms with Gasteiger partial charge in [0.1, 0.15) is 0 Å². The zero-order chi connectivity index (χ0) is 13.9. The second kappa shape index (κ2) is 5.83. The number of hydrogen-bond acceptors (Lipinski definition) is 4. The first kappa shape index (κ1) is 14.8. The minimum absolute atomic E-state index is 0.0120. The molecular formula is C13H19NO3S2. The summed E-state index contributed by atoms with van der Waals surface area (Å²) in [6.45, 7) is 2.48. The van der Waals surface area contributed by atoms with Gasteiger partial charge in [0.2, 0.25) is 10.0 Å². The second-order valence-corrected chi connectivity index (χ2v) is 8.48. The van der Waals surface area contributed by atoms with Gasteiger partial charge in [-0.15, -0.1) is 0 Å². The van der Waals surface area contributed by atoms with Crippen LogP contribution in [-0.4, -0.2) is 30.6 Å². The molecule has 0 radical (unpaired) electrons. The lowest BCUT2D eigenvalue weighted by Gasteiger charge is -2.22.